The van der Waals surface area contributed by atoms with Gasteiger partial charge in [-0.3, -0.25) is 4.79 Å². The fraction of sp³-hybridized carbons (Fsp3) is 0.240. The van der Waals surface area contributed by atoms with Crippen LogP contribution in [0.4, 0.5) is 4.39 Å². The van der Waals surface area contributed by atoms with Gasteiger partial charge >= 0.3 is 0 Å². The lowest BCUT2D eigenvalue weighted by Gasteiger charge is -2.30. The van der Waals surface area contributed by atoms with Crippen LogP contribution in [0.3, 0.4) is 0 Å². The van der Waals surface area contributed by atoms with Crippen LogP contribution < -0.4 is 0 Å². The van der Waals surface area contributed by atoms with E-state index in [4.69, 9.17) is 4.98 Å². The highest BCUT2D eigenvalue weighted by Gasteiger charge is 2.28. The molecule has 0 saturated carbocycles. The second-order valence-corrected chi connectivity index (χ2v) is 9.54. The van der Waals surface area contributed by atoms with E-state index in [1.807, 2.05) is 42.2 Å². The summed E-state index contributed by atoms with van der Waals surface area (Å²) in [5.74, 6) is 1.12. The maximum Gasteiger partial charge on any atom is 0.264 e. The fourth-order valence-electron chi connectivity index (χ4n) is 4.59. The van der Waals surface area contributed by atoms with Gasteiger partial charge in [-0.1, -0.05) is 12.1 Å². The van der Waals surface area contributed by atoms with Crippen molar-refractivity contribution in [2.75, 3.05) is 13.1 Å². The highest BCUT2D eigenvalue weighted by atomic mass is 32.1. The third-order valence-corrected chi connectivity index (χ3v) is 7.50. The molecular formula is C25H22FN5OS. The molecule has 0 unspecified atom stereocenters. The number of benzene rings is 2. The Bertz CT molecular complexity index is 1440. The number of amides is 1. The molecular weight excluding hydrogens is 437 g/mol. The number of aryl methyl sites for hydroxylation is 1. The van der Waals surface area contributed by atoms with Crippen LogP contribution in [0.1, 0.15) is 39.9 Å². The summed E-state index contributed by atoms with van der Waals surface area (Å²) in [6, 6.07) is 16.2. The normalized spacial score (nSPS) is 15.0. The number of piperidine rings is 1. The van der Waals surface area contributed by atoms with E-state index < -0.39 is 0 Å². The molecule has 6 rings (SSSR count). The molecule has 166 valence electrons. The first-order chi connectivity index (χ1) is 16.1. The van der Waals surface area contributed by atoms with Crippen LogP contribution in [-0.2, 0) is 0 Å². The Morgan fingerprint density at radius 2 is 1.88 bits per heavy atom. The molecule has 8 heteroatoms. The third kappa shape index (κ3) is 3.51. The van der Waals surface area contributed by atoms with E-state index in [2.05, 4.69) is 10.1 Å². The molecule has 5 aromatic rings. The topological polar surface area (TPSA) is 66.8 Å². The van der Waals surface area contributed by atoms with Crippen molar-refractivity contribution in [3.05, 3.63) is 76.8 Å². The lowest BCUT2D eigenvalue weighted by molar-refractivity contribution is 0.0716. The predicted molar refractivity (Wildman–Crippen MR) is 128 cm³/mol. The summed E-state index contributed by atoms with van der Waals surface area (Å²) in [5.41, 5.74) is 3.68. The number of rotatable bonds is 3. The molecule has 0 bridgehead atoms. The van der Waals surface area contributed by atoms with Crippen LogP contribution in [0.15, 0.2) is 54.6 Å². The van der Waals surface area contributed by atoms with Crippen LogP contribution in [-0.4, -0.2) is 43.6 Å². The van der Waals surface area contributed by atoms with Gasteiger partial charge in [-0.15, -0.1) is 11.3 Å². The number of imidazole rings is 1. The molecule has 0 atom stereocenters. The number of aromatic nitrogens is 4. The molecule has 0 radical (unpaired) electrons. The zero-order valence-corrected chi connectivity index (χ0v) is 18.9. The van der Waals surface area contributed by atoms with Crippen molar-refractivity contribution in [1.82, 2.24) is 24.6 Å². The van der Waals surface area contributed by atoms with Crippen LogP contribution >= 0.6 is 11.3 Å². The van der Waals surface area contributed by atoms with E-state index >= 15 is 0 Å². The summed E-state index contributed by atoms with van der Waals surface area (Å²) >= 11 is 1.44. The van der Waals surface area contributed by atoms with E-state index in [1.165, 1.54) is 23.5 Å². The van der Waals surface area contributed by atoms with E-state index in [-0.39, 0.29) is 11.7 Å². The zero-order chi connectivity index (χ0) is 22.5. The lowest BCUT2D eigenvalue weighted by Crippen LogP contribution is -2.37. The lowest BCUT2D eigenvalue weighted by atomic mass is 9.96. The minimum atomic E-state index is -0.285. The Morgan fingerprint density at radius 3 is 2.64 bits per heavy atom. The van der Waals surface area contributed by atoms with Crippen molar-refractivity contribution in [3.8, 4) is 5.69 Å². The standard InChI is InChI=1S/C25H22FN5OS/c1-15-19-14-22(33-25(19)31(29-15)18-8-6-17(26)7-9-18)24(32)30-12-10-16(11-13-30)23-27-20-4-2-3-5-21(20)28-23/h2-9,14,16H,10-13H2,1H3,(H,27,28). The quantitative estimate of drug-likeness (QED) is 0.391. The first-order valence-electron chi connectivity index (χ1n) is 11.1. The van der Waals surface area contributed by atoms with Crippen LogP contribution in [0.25, 0.3) is 26.9 Å². The average molecular weight is 460 g/mol. The maximum absolute atomic E-state index is 13.3. The summed E-state index contributed by atoms with van der Waals surface area (Å²) in [7, 11) is 0. The van der Waals surface area contributed by atoms with Crippen molar-refractivity contribution in [3.63, 3.8) is 0 Å². The Labute approximate surface area is 193 Å². The molecule has 6 nitrogen and oxygen atoms in total. The van der Waals surface area contributed by atoms with Gasteiger partial charge in [0.2, 0.25) is 0 Å². The van der Waals surface area contributed by atoms with Crippen molar-refractivity contribution < 1.29 is 9.18 Å². The summed E-state index contributed by atoms with van der Waals surface area (Å²) in [6.07, 6.45) is 1.78. The number of likely N-dealkylation sites (tertiary alicyclic amines) is 1. The highest BCUT2D eigenvalue weighted by Crippen LogP contribution is 2.33. The Kier molecular flexibility index (Phi) is 4.76. The minimum Gasteiger partial charge on any atom is -0.342 e. The fourth-order valence-corrected chi connectivity index (χ4v) is 5.74. The monoisotopic (exact) mass is 459 g/mol. The van der Waals surface area contributed by atoms with Crippen molar-refractivity contribution >= 4 is 38.5 Å². The second kappa shape index (κ2) is 7.81. The van der Waals surface area contributed by atoms with E-state index in [1.54, 1.807) is 16.8 Å². The van der Waals surface area contributed by atoms with Crippen LogP contribution in [0.2, 0.25) is 0 Å². The molecule has 2 aromatic carbocycles. The number of H-pyrrole nitrogens is 1. The van der Waals surface area contributed by atoms with E-state index in [0.717, 1.165) is 51.3 Å². The molecule has 1 N–H and O–H groups in total. The van der Waals surface area contributed by atoms with Gasteiger partial charge in [-0.25, -0.2) is 14.1 Å². The number of carbonyl (C=O) groups is 1. The second-order valence-electron chi connectivity index (χ2n) is 8.51. The number of hydrogen-bond acceptors (Lipinski definition) is 4. The van der Waals surface area contributed by atoms with Gasteiger partial charge in [-0.2, -0.15) is 5.10 Å². The number of carbonyl (C=O) groups excluding carboxylic acids is 1. The molecule has 33 heavy (non-hydrogen) atoms. The van der Waals surface area contributed by atoms with Gasteiger partial charge in [0.1, 0.15) is 16.5 Å². The summed E-state index contributed by atoms with van der Waals surface area (Å²) in [5, 5.41) is 5.56. The molecule has 1 amide bonds. The van der Waals surface area contributed by atoms with Crippen LogP contribution in [0.5, 0.6) is 0 Å². The summed E-state index contributed by atoms with van der Waals surface area (Å²) in [4.78, 5) is 25.0. The number of thiophene rings is 1. The number of fused-ring (bicyclic) bond motifs is 2. The largest absolute Gasteiger partial charge is 0.342 e. The molecule has 0 aliphatic carbocycles. The third-order valence-electron chi connectivity index (χ3n) is 6.40. The van der Waals surface area contributed by atoms with Gasteiger partial charge < -0.3 is 9.88 Å². The molecule has 1 aliphatic heterocycles. The van der Waals surface area contributed by atoms with Gasteiger partial charge in [0.25, 0.3) is 5.91 Å². The van der Waals surface area contributed by atoms with Crippen molar-refractivity contribution in [1.29, 1.82) is 0 Å². The van der Waals surface area contributed by atoms with Gasteiger partial charge in [0.15, 0.2) is 0 Å². The van der Waals surface area contributed by atoms with E-state index in [0.29, 0.717) is 23.9 Å². The van der Waals surface area contributed by atoms with Gasteiger partial charge in [-0.05, 0) is 62.2 Å². The Hall–Kier alpha value is -3.52. The molecule has 1 aliphatic rings. The number of nitrogens with zero attached hydrogens (tertiary/aromatic N) is 4. The van der Waals surface area contributed by atoms with Crippen molar-refractivity contribution in [2.45, 2.75) is 25.7 Å². The SMILES string of the molecule is Cc1nn(-c2ccc(F)cc2)c2sc(C(=O)N3CCC(c4nc5ccccc5[nH]4)CC3)cc12. The molecule has 1 fully saturated rings. The maximum atomic E-state index is 13.3. The Morgan fingerprint density at radius 1 is 1.12 bits per heavy atom. The predicted octanol–water partition coefficient (Wildman–Crippen LogP) is 5.43. The number of aromatic amines is 1. The average Bonchev–Trinajstić information content (AvgIpc) is 3.54. The van der Waals surface area contributed by atoms with E-state index in [9.17, 15) is 9.18 Å². The number of halogens is 1. The number of hydrogen-bond donors (Lipinski definition) is 1. The number of para-hydroxylation sites is 2. The number of nitrogens with one attached hydrogen (secondary N) is 1. The molecule has 1 saturated heterocycles. The molecule has 4 heterocycles. The smallest absolute Gasteiger partial charge is 0.264 e. The first kappa shape index (κ1) is 20.1. The van der Waals surface area contributed by atoms with Gasteiger partial charge in [0, 0.05) is 24.4 Å². The van der Waals surface area contributed by atoms with Crippen LogP contribution in [0, 0.1) is 12.7 Å². The Balaban J connectivity index is 1.21. The first-order valence-corrected chi connectivity index (χ1v) is 11.9. The highest BCUT2D eigenvalue weighted by molar-refractivity contribution is 7.20. The molecule has 3 aromatic heterocycles. The summed E-state index contributed by atoms with van der Waals surface area (Å²) in [6.45, 7) is 3.35. The summed E-state index contributed by atoms with van der Waals surface area (Å²) < 4.78 is 15.1. The minimum absolute atomic E-state index is 0.0595. The zero-order valence-electron chi connectivity index (χ0n) is 18.1. The van der Waals surface area contributed by atoms with Crippen molar-refractivity contribution in [2.24, 2.45) is 0 Å². The molecule has 0 spiro atoms. The van der Waals surface area contributed by atoms with Gasteiger partial charge in [0.05, 0.1) is 27.3 Å².